The van der Waals surface area contributed by atoms with Gasteiger partial charge in [-0.05, 0) is 46.0 Å². The Bertz CT molecular complexity index is 1970. The SMILES string of the molecule is CC(=O)NC[C@H]1CN(c2ccc(-c3ccc(Cc4cn(C(c5ccccc5)(c5ccccc5)c5ccccc5)cn4)cc3)c(F)c2)C(=O)O1. The van der Waals surface area contributed by atoms with Crippen LogP contribution in [0.4, 0.5) is 14.9 Å². The van der Waals surface area contributed by atoms with Gasteiger partial charge in [-0.2, -0.15) is 0 Å². The molecule has 1 aliphatic heterocycles. The summed E-state index contributed by atoms with van der Waals surface area (Å²) in [5, 5.41) is 2.65. The van der Waals surface area contributed by atoms with E-state index < -0.39 is 23.6 Å². The smallest absolute Gasteiger partial charge is 0.414 e. The number of rotatable bonds is 10. The van der Waals surface area contributed by atoms with E-state index in [0.29, 0.717) is 17.7 Å². The molecular weight excluding hydrogens is 615 g/mol. The molecule has 1 aliphatic rings. The summed E-state index contributed by atoms with van der Waals surface area (Å²) >= 11 is 0. The van der Waals surface area contributed by atoms with Crippen molar-refractivity contribution in [3.63, 3.8) is 0 Å². The number of carbonyl (C=O) groups is 2. The second-order valence-electron chi connectivity index (χ2n) is 12.2. The molecule has 6 aromatic rings. The van der Waals surface area contributed by atoms with Crippen molar-refractivity contribution in [2.75, 3.05) is 18.0 Å². The molecule has 0 radical (unpaired) electrons. The third-order valence-corrected chi connectivity index (χ3v) is 8.97. The van der Waals surface area contributed by atoms with Crippen LogP contribution >= 0.6 is 0 Å². The molecule has 1 atom stereocenters. The van der Waals surface area contributed by atoms with Crippen LogP contribution in [-0.2, 0) is 21.5 Å². The molecule has 2 heterocycles. The Morgan fingerprint density at radius 1 is 0.857 bits per heavy atom. The van der Waals surface area contributed by atoms with Crippen LogP contribution in [0.5, 0.6) is 0 Å². The lowest BCUT2D eigenvalue weighted by molar-refractivity contribution is -0.119. The molecule has 7 rings (SSSR count). The Kier molecular flexibility index (Phi) is 8.77. The summed E-state index contributed by atoms with van der Waals surface area (Å²) in [5.74, 6) is -0.650. The number of cyclic esters (lactones) is 1. The minimum atomic E-state index is -0.638. The second kappa shape index (κ2) is 13.6. The third-order valence-electron chi connectivity index (χ3n) is 8.97. The number of carbonyl (C=O) groups excluding carboxylic acids is 2. The van der Waals surface area contributed by atoms with E-state index in [2.05, 4.69) is 88.9 Å². The van der Waals surface area contributed by atoms with Crippen molar-refractivity contribution in [1.82, 2.24) is 14.9 Å². The van der Waals surface area contributed by atoms with Crippen molar-refractivity contribution in [3.05, 3.63) is 180 Å². The normalized spacial score (nSPS) is 14.4. The first-order chi connectivity index (χ1) is 23.9. The Balaban J connectivity index is 1.13. The van der Waals surface area contributed by atoms with Gasteiger partial charge in [-0.1, -0.05) is 115 Å². The maximum Gasteiger partial charge on any atom is 0.414 e. The summed E-state index contributed by atoms with van der Waals surface area (Å²) in [7, 11) is 0. The Labute approximate surface area is 284 Å². The number of hydrogen-bond donors (Lipinski definition) is 1. The zero-order chi connectivity index (χ0) is 33.8. The summed E-state index contributed by atoms with van der Waals surface area (Å²) in [5.41, 5.74) is 6.25. The van der Waals surface area contributed by atoms with Gasteiger partial charge in [0.15, 0.2) is 0 Å². The lowest BCUT2D eigenvalue weighted by atomic mass is 9.77. The van der Waals surface area contributed by atoms with Gasteiger partial charge in [-0.15, -0.1) is 0 Å². The quantitative estimate of drug-likeness (QED) is 0.155. The average Bonchev–Trinajstić information content (AvgIpc) is 3.76. The number of nitrogens with zero attached hydrogens (tertiary/aromatic N) is 3. The summed E-state index contributed by atoms with van der Waals surface area (Å²) < 4.78 is 22.9. The highest BCUT2D eigenvalue weighted by molar-refractivity contribution is 5.90. The van der Waals surface area contributed by atoms with Gasteiger partial charge >= 0.3 is 6.09 Å². The molecule has 49 heavy (non-hydrogen) atoms. The fraction of sp³-hybridized carbons (Fsp3) is 0.146. The fourth-order valence-corrected chi connectivity index (χ4v) is 6.64. The molecule has 1 saturated heterocycles. The monoisotopic (exact) mass is 650 g/mol. The standard InChI is InChI=1S/C41H35FN4O3/c1-29(47)43-25-37-27-46(40(48)49-37)36-21-22-38(39(42)24-36)31-19-17-30(18-20-31)23-35-26-45(28-44-35)41(32-11-5-2-6-12-32,33-13-7-3-8-14-33)34-15-9-4-10-16-34/h2-22,24,26,28,37H,23,25,27H2,1H3,(H,43,47)/t37-/m0/s1. The predicted molar refractivity (Wildman–Crippen MR) is 188 cm³/mol. The first-order valence-corrected chi connectivity index (χ1v) is 16.2. The van der Waals surface area contributed by atoms with Crippen LogP contribution in [0, 0.1) is 5.82 Å². The molecule has 2 amide bonds. The lowest BCUT2D eigenvalue weighted by Crippen LogP contribution is -2.36. The first kappa shape index (κ1) is 31.6. The maximum atomic E-state index is 15.4. The molecule has 0 unspecified atom stereocenters. The average molecular weight is 651 g/mol. The van der Waals surface area contributed by atoms with Crippen LogP contribution < -0.4 is 10.2 Å². The number of hydrogen-bond acceptors (Lipinski definition) is 4. The van der Waals surface area contributed by atoms with E-state index in [-0.39, 0.29) is 19.0 Å². The van der Waals surface area contributed by atoms with E-state index in [1.165, 1.54) is 17.9 Å². The van der Waals surface area contributed by atoms with Crippen LogP contribution in [-0.4, -0.2) is 40.7 Å². The first-order valence-electron chi connectivity index (χ1n) is 16.2. The fourth-order valence-electron chi connectivity index (χ4n) is 6.64. The zero-order valence-electron chi connectivity index (χ0n) is 27.0. The molecule has 1 fully saturated rings. The molecule has 1 N–H and O–H groups in total. The van der Waals surface area contributed by atoms with Crippen molar-refractivity contribution in [3.8, 4) is 11.1 Å². The van der Waals surface area contributed by atoms with Crippen molar-refractivity contribution in [2.45, 2.75) is 25.0 Å². The number of imidazole rings is 1. The Hall–Kier alpha value is -6.02. The van der Waals surface area contributed by atoms with E-state index in [1.807, 2.05) is 48.8 Å². The van der Waals surface area contributed by atoms with Gasteiger partial charge in [-0.25, -0.2) is 14.2 Å². The van der Waals surface area contributed by atoms with Gasteiger partial charge in [-0.3, -0.25) is 9.69 Å². The van der Waals surface area contributed by atoms with Crippen LogP contribution in [0.25, 0.3) is 11.1 Å². The number of anilines is 1. The zero-order valence-corrected chi connectivity index (χ0v) is 27.0. The lowest BCUT2D eigenvalue weighted by Gasteiger charge is -2.37. The minimum absolute atomic E-state index is 0.207. The van der Waals surface area contributed by atoms with Crippen molar-refractivity contribution in [2.24, 2.45) is 0 Å². The summed E-state index contributed by atoms with van der Waals surface area (Å²) in [4.78, 5) is 29.9. The number of benzene rings is 5. The third kappa shape index (κ3) is 6.33. The molecule has 0 aliphatic carbocycles. The molecule has 0 spiro atoms. The van der Waals surface area contributed by atoms with Crippen LogP contribution in [0.3, 0.4) is 0 Å². The van der Waals surface area contributed by atoms with Crippen molar-refractivity contribution in [1.29, 1.82) is 0 Å². The van der Waals surface area contributed by atoms with E-state index >= 15 is 4.39 Å². The topological polar surface area (TPSA) is 76.5 Å². The van der Waals surface area contributed by atoms with Gasteiger partial charge < -0.3 is 14.6 Å². The number of nitrogens with one attached hydrogen (secondary N) is 1. The molecular formula is C41H35FN4O3. The molecule has 244 valence electrons. The second-order valence-corrected chi connectivity index (χ2v) is 12.2. The van der Waals surface area contributed by atoms with E-state index in [9.17, 15) is 9.59 Å². The Morgan fingerprint density at radius 3 is 2.00 bits per heavy atom. The Morgan fingerprint density at radius 2 is 1.45 bits per heavy atom. The number of ether oxygens (including phenoxy) is 1. The van der Waals surface area contributed by atoms with E-state index in [0.717, 1.165) is 33.5 Å². The highest BCUT2D eigenvalue weighted by Crippen LogP contribution is 2.41. The van der Waals surface area contributed by atoms with Gasteiger partial charge in [0.05, 0.1) is 30.8 Å². The largest absolute Gasteiger partial charge is 0.442 e. The van der Waals surface area contributed by atoms with E-state index in [1.54, 1.807) is 12.1 Å². The number of amides is 2. The van der Waals surface area contributed by atoms with Crippen molar-refractivity contribution < 1.29 is 18.7 Å². The molecule has 0 bridgehead atoms. The van der Waals surface area contributed by atoms with Crippen LogP contribution in [0.2, 0.25) is 0 Å². The highest BCUT2D eigenvalue weighted by atomic mass is 19.1. The highest BCUT2D eigenvalue weighted by Gasteiger charge is 2.38. The molecule has 5 aromatic carbocycles. The van der Waals surface area contributed by atoms with Crippen LogP contribution in [0.1, 0.15) is 34.9 Å². The van der Waals surface area contributed by atoms with Crippen LogP contribution in [0.15, 0.2) is 146 Å². The van der Waals surface area contributed by atoms with Gasteiger partial charge in [0.25, 0.3) is 0 Å². The minimum Gasteiger partial charge on any atom is -0.442 e. The molecule has 8 heteroatoms. The van der Waals surface area contributed by atoms with Gasteiger partial charge in [0, 0.05) is 25.1 Å². The van der Waals surface area contributed by atoms with E-state index in [4.69, 9.17) is 9.72 Å². The predicted octanol–water partition coefficient (Wildman–Crippen LogP) is 7.58. The van der Waals surface area contributed by atoms with Gasteiger partial charge in [0.1, 0.15) is 17.5 Å². The molecule has 1 aromatic heterocycles. The summed E-state index contributed by atoms with van der Waals surface area (Å²) in [6, 6.07) is 44.0. The van der Waals surface area contributed by atoms with Crippen molar-refractivity contribution >= 4 is 17.7 Å². The summed E-state index contributed by atoms with van der Waals surface area (Å²) in [6.45, 7) is 1.84. The number of halogens is 1. The molecule has 7 nitrogen and oxygen atoms in total. The molecule has 0 saturated carbocycles. The maximum absolute atomic E-state index is 15.4. The van der Waals surface area contributed by atoms with Gasteiger partial charge in [0.2, 0.25) is 5.91 Å². The number of aromatic nitrogens is 2. The summed E-state index contributed by atoms with van der Waals surface area (Å²) in [6.07, 6.45) is 3.56.